The third-order valence-electron chi connectivity index (χ3n) is 9.63. The summed E-state index contributed by atoms with van der Waals surface area (Å²) >= 11 is 0. The first-order valence-electron chi connectivity index (χ1n) is 19.2. The number of aliphatic imine (C=N–C) groups is 2. The maximum Gasteiger partial charge on any atom is 0.189 e. The van der Waals surface area contributed by atoms with E-state index in [1.807, 2.05) is 0 Å². The first-order chi connectivity index (χ1) is 23.6. The SMILES string of the molecule is CCCCCCCCCCCC(N)=NC[C@H]1O[C@H](O[C@H]2O[C@H](CN=C(N)CCCCCCCCCCC)[C@@H](O)[C@H](O)[C@H]2O)[C@H](O)[C@@H](O)[C@@H]1O. The van der Waals surface area contributed by atoms with E-state index in [1.54, 1.807) is 0 Å². The van der Waals surface area contributed by atoms with Gasteiger partial charge in [0.25, 0.3) is 0 Å². The lowest BCUT2D eigenvalue weighted by Crippen LogP contribution is -2.63. The number of hydrogen-bond acceptors (Lipinski definition) is 11. The van der Waals surface area contributed by atoms with E-state index in [0.29, 0.717) is 24.5 Å². The van der Waals surface area contributed by atoms with Gasteiger partial charge in [-0.2, -0.15) is 0 Å². The van der Waals surface area contributed by atoms with Crippen LogP contribution >= 0.6 is 0 Å². The molecule has 13 heteroatoms. The normalized spacial score (nSPS) is 31.3. The molecule has 0 aromatic carbocycles. The van der Waals surface area contributed by atoms with Crippen LogP contribution in [0.4, 0.5) is 0 Å². The van der Waals surface area contributed by atoms with E-state index in [9.17, 15) is 30.6 Å². The first-order valence-corrected chi connectivity index (χ1v) is 19.2. The van der Waals surface area contributed by atoms with E-state index in [4.69, 9.17) is 25.7 Å². The van der Waals surface area contributed by atoms with Crippen molar-refractivity contribution in [2.75, 3.05) is 13.1 Å². The molecule has 0 unspecified atom stereocenters. The Hall–Kier alpha value is -1.42. The standard InChI is InChI=1S/C36H70N4O9/c1-3-5-7-9-11-13-15-17-19-21-27(37)39-23-25-29(41)31(43)33(45)35(47-25)49-36-34(46)32(44)30(42)26(48-36)24-40-28(38)22-20-18-16-14-12-10-8-6-4-2/h25-26,29-36,41-46H,3-24H2,1-2H3,(H2,37,39)(H2,38,40)/t25-,26-,29-,30-,31+,32+,33-,34-,35-,36-/m1/s1. The van der Waals surface area contributed by atoms with Gasteiger partial charge in [0, 0.05) is 12.8 Å². The van der Waals surface area contributed by atoms with Crippen molar-refractivity contribution < 1.29 is 44.8 Å². The second-order valence-electron chi connectivity index (χ2n) is 14.0. The molecule has 0 saturated carbocycles. The Morgan fingerprint density at radius 2 is 0.776 bits per heavy atom. The van der Waals surface area contributed by atoms with E-state index in [0.717, 1.165) is 38.5 Å². The molecule has 0 aliphatic carbocycles. The van der Waals surface area contributed by atoms with Crippen molar-refractivity contribution in [3.63, 3.8) is 0 Å². The van der Waals surface area contributed by atoms with Crippen LogP contribution in [0.1, 0.15) is 142 Å². The molecule has 10 atom stereocenters. The van der Waals surface area contributed by atoms with Gasteiger partial charge in [0.05, 0.1) is 24.8 Å². The highest BCUT2D eigenvalue weighted by molar-refractivity contribution is 5.80. The highest BCUT2D eigenvalue weighted by Crippen LogP contribution is 2.28. The molecule has 49 heavy (non-hydrogen) atoms. The van der Waals surface area contributed by atoms with E-state index in [2.05, 4.69) is 23.8 Å². The molecule has 2 saturated heterocycles. The Bertz CT molecular complexity index is 844. The van der Waals surface area contributed by atoms with Gasteiger partial charge in [-0.25, -0.2) is 0 Å². The third kappa shape index (κ3) is 16.6. The van der Waals surface area contributed by atoms with Crippen LogP contribution in [0.5, 0.6) is 0 Å². The number of nitrogens with two attached hydrogens (primary N) is 2. The van der Waals surface area contributed by atoms with Crippen molar-refractivity contribution in [2.45, 2.75) is 204 Å². The highest BCUT2D eigenvalue weighted by atomic mass is 16.8. The van der Waals surface area contributed by atoms with Crippen LogP contribution in [0.3, 0.4) is 0 Å². The molecule has 2 rings (SSSR count). The molecule has 0 radical (unpaired) electrons. The Labute approximate surface area is 294 Å². The summed E-state index contributed by atoms with van der Waals surface area (Å²) in [4.78, 5) is 8.65. The van der Waals surface area contributed by atoms with Crippen molar-refractivity contribution in [1.29, 1.82) is 0 Å². The molecule has 10 N–H and O–H groups in total. The number of hydrogen-bond donors (Lipinski definition) is 8. The van der Waals surface area contributed by atoms with Gasteiger partial charge in [-0.3, -0.25) is 9.98 Å². The predicted octanol–water partition coefficient (Wildman–Crippen LogP) is 3.17. The lowest BCUT2D eigenvalue weighted by molar-refractivity contribution is -0.371. The molecule has 288 valence electrons. The maximum absolute atomic E-state index is 10.6. The van der Waals surface area contributed by atoms with Crippen molar-refractivity contribution >= 4 is 11.7 Å². The third-order valence-corrected chi connectivity index (χ3v) is 9.63. The Kier molecular flexibility index (Phi) is 22.8. The molecule has 0 spiro atoms. The average Bonchev–Trinajstić information content (AvgIpc) is 3.09. The van der Waals surface area contributed by atoms with E-state index >= 15 is 0 Å². The van der Waals surface area contributed by atoms with Gasteiger partial charge < -0.3 is 56.3 Å². The first kappa shape index (κ1) is 43.7. The maximum atomic E-state index is 10.6. The summed E-state index contributed by atoms with van der Waals surface area (Å²) in [6.07, 6.45) is 7.70. The van der Waals surface area contributed by atoms with Gasteiger partial charge >= 0.3 is 0 Å². The van der Waals surface area contributed by atoms with Crippen molar-refractivity contribution in [1.82, 2.24) is 0 Å². The fourth-order valence-electron chi connectivity index (χ4n) is 6.30. The number of nitrogens with zero attached hydrogens (tertiary/aromatic N) is 2. The number of amidine groups is 2. The summed E-state index contributed by atoms with van der Waals surface area (Å²) in [7, 11) is 0. The van der Waals surface area contributed by atoms with Crippen LogP contribution < -0.4 is 11.5 Å². The van der Waals surface area contributed by atoms with Gasteiger partial charge in [0.15, 0.2) is 12.6 Å². The zero-order valence-corrected chi connectivity index (χ0v) is 30.3. The number of unbranched alkanes of at least 4 members (excludes halogenated alkanes) is 16. The topological polar surface area (TPSA) is 226 Å². The van der Waals surface area contributed by atoms with Crippen molar-refractivity contribution in [3.05, 3.63) is 0 Å². The van der Waals surface area contributed by atoms with Crippen LogP contribution in [0.2, 0.25) is 0 Å². The van der Waals surface area contributed by atoms with E-state index in [-0.39, 0.29) is 13.1 Å². The number of aliphatic hydroxyl groups excluding tert-OH is 6. The molecule has 2 aliphatic rings. The fraction of sp³-hybridized carbons (Fsp3) is 0.944. The molecule has 2 fully saturated rings. The predicted molar refractivity (Wildman–Crippen MR) is 191 cm³/mol. The minimum absolute atomic E-state index is 0.0843. The average molecular weight is 703 g/mol. The van der Waals surface area contributed by atoms with Crippen molar-refractivity contribution in [3.8, 4) is 0 Å². The van der Waals surface area contributed by atoms with E-state index in [1.165, 1.54) is 77.0 Å². The van der Waals surface area contributed by atoms with Gasteiger partial charge in [-0.15, -0.1) is 0 Å². The van der Waals surface area contributed by atoms with Crippen LogP contribution in [0.15, 0.2) is 9.98 Å². The molecule has 0 aromatic heterocycles. The Morgan fingerprint density at radius 1 is 0.469 bits per heavy atom. The summed E-state index contributed by atoms with van der Waals surface area (Å²) in [6.45, 7) is 4.26. The van der Waals surface area contributed by atoms with Crippen LogP contribution in [-0.4, -0.2) is 117 Å². The second-order valence-corrected chi connectivity index (χ2v) is 14.0. The van der Waals surface area contributed by atoms with Gasteiger partial charge in [0.2, 0.25) is 0 Å². The Balaban J connectivity index is 1.82. The van der Waals surface area contributed by atoms with Gasteiger partial charge in [0.1, 0.15) is 48.8 Å². The fourth-order valence-corrected chi connectivity index (χ4v) is 6.30. The molecule has 13 nitrogen and oxygen atoms in total. The molecular weight excluding hydrogens is 632 g/mol. The molecule has 0 amide bonds. The number of aliphatic hydroxyl groups is 6. The largest absolute Gasteiger partial charge is 0.388 e. The smallest absolute Gasteiger partial charge is 0.189 e. The summed E-state index contributed by atoms with van der Waals surface area (Å²) in [5.41, 5.74) is 12.2. The zero-order valence-electron chi connectivity index (χ0n) is 30.3. The number of rotatable bonds is 26. The summed E-state index contributed by atoms with van der Waals surface area (Å²) in [5, 5.41) is 63.4. The monoisotopic (exact) mass is 703 g/mol. The van der Waals surface area contributed by atoms with Crippen LogP contribution in [0, 0.1) is 0 Å². The van der Waals surface area contributed by atoms with Gasteiger partial charge in [-0.05, 0) is 12.8 Å². The number of ether oxygens (including phenoxy) is 3. The van der Waals surface area contributed by atoms with E-state index < -0.39 is 61.4 Å². The minimum Gasteiger partial charge on any atom is -0.388 e. The summed E-state index contributed by atoms with van der Waals surface area (Å²) in [6, 6.07) is 0. The molecular formula is C36H70N4O9. The minimum atomic E-state index is -1.70. The summed E-state index contributed by atoms with van der Waals surface area (Å²) < 4.78 is 17.2. The molecule has 2 aliphatic heterocycles. The molecule has 2 heterocycles. The lowest BCUT2D eigenvalue weighted by atomic mass is 9.97. The highest BCUT2D eigenvalue weighted by Gasteiger charge is 2.49. The van der Waals surface area contributed by atoms with Crippen molar-refractivity contribution in [2.24, 2.45) is 21.5 Å². The van der Waals surface area contributed by atoms with Gasteiger partial charge in [-0.1, -0.05) is 117 Å². The molecule has 0 bridgehead atoms. The summed E-state index contributed by atoms with van der Waals surface area (Å²) in [5.74, 6) is 0.806. The van der Waals surface area contributed by atoms with Crippen LogP contribution in [-0.2, 0) is 14.2 Å². The van der Waals surface area contributed by atoms with Crippen LogP contribution in [0.25, 0.3) is 0 Å². The molecule has 0 aromatic rings. The zero-order chi connectivity index (χ0) is 36.0. The lowest BCUT2D eigenvalue weighted by Gasteiger charge is -2.44. The second kappa shape index (κ2) is 25.5. The quantitative estimate of drug-likeness (QED) is 0.0371. The Morgan fingerprint density at radius 3 is 1.10 bits per heavy atom.